The van der Waals surface area contributed by atoms with E-state index in [2.05, 4.69) is 30.2 Å². The minimum Gasteiger partial charge on any atom is -0.495 e. The van der Waals surface area contributed by atoms with Crippen molar-refractivity contribution < 1.29 is 22.7 Å². The van der Waals surface area contributed by atoms with E-state index in [1.54, 1.807) is 42.5 Å². The van der Waals surface area contributed by atoms with Crippen molar-refractivity contribution in [2.24, 2.45) is 4.99 Å². The van der Waals surface area contributed by atoms with Crippen molar-refractivity contribution in [2.45, 2.75) is 44.4 Å². The van der Waals surface area contributed by atoms with Gasteiger partial charge in [-0.05, 0) is 54.3 Å². The summed E-state index contributed by atoms with van der Waals surface area (Å²) in [4.78, 5) is 17.6. The summed E-state index contributed by atoms with van der Waals surface area (Å²) in [6, 6.07) is 19.8. The molecular weight excluding hydrogens is 502 g/mol. The molecule has 0 aliphatic carbocycles. The molecular formula is C29H33N3O5S. The number of benzene rings is 3. The van der Waals surface area contributed by atoms with E-state index in [0.29, 0.717) is 30.2 Å². The summed E-state index contributed by atoms with van der Waals surface area (Å²) in [6.45, 7) is 4.65. The van der Waals surface area contributed by atoms with Crippen LogP contribution in [-0.2, 0) is 27.7 Å². The number of sulfonamides is 1. The molecule has 0 saturated carbocycles. The maximum atomic E-state index is 13.5. The zero-order valence-electron chi connectivity index (χ0n) is 21.9. The molecule has 0 saturated heterocycles. The molecule has 0 aromatic heterocycles. The quantitative estimate of drug-likeness (QED) is 0.334. The first-order chi connectivity index (χ1) is 18.4. The molecule has 1 aliphatic rings. The summed E-state index contributed by atoms with van der Waals surface area (Å²) in [6.07, 6.45) is 2.01. The minimum atomic E-state index is -3.89. The third kappa shape index (κ3) is 5.99. The van der Waals surface area contributed by atoms with Gasteiger partial charge in [-0.25, -0.2) is 13.4 Å². The van der Waals surface area contributed by atoms with E-state index < -0.39 is 15.9 Å². The second-order valence-electron chi connectivity index (χ2n) is 8.85. The molecule has 9 heteroatoms. The summed E-state index contributed by atoms with van der Waals surface area (Å²) in [7, 11) is -2.37. The average molecular weight is 536 g/mol. The fourth-order valence-electron chi connectivity index (χ4n) is 4.34. The molecule has 8 nitrogen and oxygen atoms in total. The van der Waals surface area contributed by atoms with Gasteiger partial charge in [0.1, 0.15) is 22.2 Å². The highest BCUT2D eigenvalue weighted by molar-refractivity contribution is 7.90. The topological polar surface area (TPSA) is 97.3 Å². The Balaban J connectivity index is 1.50. The average Bonchev–Trinajstić information content (AvgIpc) is 2.92. The first kappa shape index (κ1) is 27.2. The van der Waals surface area contributed by atoms with Gasteiger partial charge in [-0.2, -0.15) is 0 Å². The zero-order valence-corrected chi connectivity index (χ0v) is 22.8. The SMILES string of the molecule is CCc1ccc(OCCCN2C(CC(=O)Nc3ccccc3OC)=Nc3ccccc3S2(=O)=O)c(CC)c1. The predicted molar refractivity (Wildman–Crippen MR) is 149 cm³/mol. The highest BCUT2D eigenvalue weighted by atomic mass is 32.2. The lowest BCUT2D eigenvalue weighted by atomic mass is 10.1. The first-order valence-electron chi connectivity index (χ1n) is 12.7. The number of aliphatic imine (C=N–C) groups is 1. The molecule has 1 N–H and O–H groups in total. The maximum Gasteiger partial charge on any atom is 0.267 e. The van der Waals surface area contributed by atoms with E-state index in [-0.39, 0.29) is 23.7 Å². The van der Waals surface area contributed by atoms with E-state index >= 15 is 0 Å². The fourth-order valence-corrected chi connectivity index (χ4v) is 5.96. The minimum absolute atomic E-state index is 0.123. The van der Waals surface area contributed by atoms with Gasteiger partial charge in [0.25, 0.3) is 10.0 Å². The van der Waals surface area contributed by atoms with Crippen molar-refractivity contribution in [1.29, 1.82) is 0 Å². The molecule has 3 aromatic carbocycles. The van der Waals surface area contributed by atoms with E-state index in [9.17, 15) is 13.2 Å². The van der Waals surface area contributed by atoms with Crippen molar-refractivity contribution in [3.8, 4) is 11.5 Å². The largest absolute Gasteiger partial charge is 0.495 e. The standard InChI is InChI=1S/C29H33N3O5S/c1-4-21-15-16-25(22(5-2)19-21)37-18-10-17-32-28(30-24-12-7-9-14-27(24)38(32,34)35)20-29(33)31-23-11-6-8-13-26(23)36-3/h6-9,11-16,19H,4-5,10,17-18,20H2,1-3H3,(H,31,33). The van der Waals surface area contributed by atoms with Crippen molar-refractivity contribution in [3.63, 3.8) is 0 Å². The summed E-state index contributed by atoms with van der Waals surface area (Å²) >= 11 is 0. The van der Waals surface area contributed by atoms with Crippen molar-refractivity contribution in [3.05, 3.63) is 77.9 Å². The number of nitrogens with one attached hydrogen (secondary N) is 1. The van der Waals surface area contributed by atoms with E-state index in [0.717, 1.165) is 24.2 Å². The van der Waals surface area contributed by atoms with Crippen LogP contribution in [-0.4, -0.2) is 44.7 Å². The van der Waals surface area contributed by atoms with Gasteiger partial charge in [-0.3, -0.25) is 9.10 Å². The Morgan fingerprint density at radius 1 is 0.974 bits per heavy atom. The summed E-state index contributed by atoms with van der Waals surface area (Å²) in [5.41, 5.74) is 3.20. The monoisotopic (exact) mass is 535 g/mol. The molecule has 1 heterocycles. The normalized spacial score (nSPS) is 13.9. The molecule has 0 unspecified atom stereocenters. The van der Waals surface area contributed by atoms with E-state index in [1.807, 2.05) is 12.1 Å². The van der Waals surface area contributed by atoms with Gasteiger partial charge in [0.05, 0.1) is 31.5 Å². The molecule has 38 heavy (non-hydrogen) atoms. The number of aryl methyl sites for hydroxylation is 2. The first-order valence-corrected chi connectivity index (χ1v) is 14.2. The maximum absolute atomic E-state index is 13.5. The number of anilines is 1. The van der Waals surface area contributed by atoms with Gasteiger partial charge < -0.3 is 14.8 Å². The Morgan fingerprint density at radius 2 is 1.74 bits per heavy atom. The van der Waals surface area contributed by atoms with Crippen LogP contribution in [0.1, 0.15) is 37.8 Å². The number of fused-ring (bicyclic) bond motifs is 1. The van der Waals surface area contributed by atoms with Gasteiger partial charge in [0.15, 0.2) is 0 Å². The van der Waals surface area contributed by atoms with Gasteiger partial charge >= 0.3 is 0 Å². The second-order valence-corrected chi connectivity index (χ2v) is 10.7. The van der Waals surface area contributed by atoms with Gasteiger partial charge in [0, 0.05) is 13.0 Å². The molecule has 1 aliphatic heterocycles. The number of carbonyl (C=O) groups is 1. The number of para-hydroxylation sites is 3. The molecule has 0 bridgehead atoms. The number of hydrogen-bond acceptors (Lipinski definition) is 6. The molecule has 0 radical (unpaired) electrons. The molecule has 1 amide bonds. The number of nitrogens with zero attached hydrogens (tertiary/aromatic N) is 2. The molecule has 200 valence electrons. The van der Waals surface area contributed by atoms with Gasteiger partial charge in [0.2, 0.25) is 5.91 Å². The summed E-state index contributed by atoms with van der Waals surface area (Å²) in [5, 5.41) is 2.80. The van der Waals surface area contributed by atoms with Crippen LogP contribution >= 0.6 is 0 Å². The molecule has 0 atom stereocenters. The predicted octanol–water partition coefficient (Wildman–Crippen LogP) is 5.35. The third-order valence-corrected chi connectivity index (χ3v) is 8.22. The number of rotatable bonds is 11. The third-order valence-electron chi connectivity index (χ3n) is 6.35. The Morgan fingerprint density at radius 3 is 2.50 bits per heavy atom. The van der Waals surface area contributed by atoms with Crippen molar-refractivity contribution >= 4 is 33.1 Å². The number of amides is 1. The summed E-state index contributed by atoms with van der Waals surface area (Å²) < 4.78 is 39.6. The number of ether oxygens (including phenoxy) is 2. The van der Waals surface area contributed by atoms with Crippen LogP contribution in [0.25, 0.3) is 0 Å². The lowest BCUT2D eigenvalue weighted by molar-refractivity contribution is -0.115. The number of amidine groups is 1. The lowest BCUT2D eigenvalue weighted by Gasteiger charge is -2.29. The Bertz CT molecular complexity index is 1440. The van der Waals surface area contributed by atoms with Crippen LogP contribution < -0.4 is 14.8 Å². The smallest absolute Gasteiger partial charge is 0.267 e. The zero-order chi connectivity index (χ0) is 27.1. The number of carbonyl (C=O) groups excluding carboxylic acids is 1. The highest BCUT2D eigenvalue weighted by Gasteiger charge is 2.34. The Hall–Kier alpha value is -3.85. The van der Waals surface area contributed by atoms with Crippen LogP contribution in [0.2, 0.25) is 0 Å². The van der Waals surface area contributed by atoms with E-state index in [1.165, 1.54) is 23.0 Å². The lowest BCUT2D eigenvalue weighted by Crippen LogP contribution is -2.41. The molecule has 0 fully saturated rings. The number of hydrogen-bond donors (Lipinski definition) is 1. The van der Waals surface area contributed by atoms with Crippen LogP contribution in [0, 0.1) is 0 Å². The van der Waals surface area contributed by atoms with Gasteiger partial charge in [-0.1, -0.05) is 50.2 Å². The van der Waals surface area contributed by atoms with Gasteiger partial charge in [-0.15, -0.1) is 0 Å². The highest BCUT2D eigenvalue weighted by Crippen LogP contribution is 2.33. The van der Waals surface area contributed by atoms with E-state index in [4.69, 9.17) is 9.47 Å². The van der Waals surface area contributed by atoms with Crippen LogP contribution in [0.5, 0.6) is 11.5 Å². The fraction of sp³-hybridized carbons (Fsp3) is 0.310. The molecule has 3 aromatic rings. The molecule has 0 spiro atoms. The van der Waals surface area contributed by atoms with Crippen molar-refractivity contribution in [1.82, 2.24) is 4.31 Å². The second kappa shape index (κ2) is 12.1. The Kier molecular flexibility index (Phi) is 8.68. The Labute approximate surface area is 224 Å². The summed E-state index contributed by atoms with van der Waals surface area (Å²) in [5.74, 6) is 1.09. The number of methoxy groups -OCH3 is 1. The molecule has 4 rings (SSSR count). The van der Waals surface area contributed by atoms with Crippen molar-refractivity contribution in [2.75, 3.05) is 25.6 Å². The van der Waals surface area contributed by atoms with Crippen LogP contribution in [0.4, 0.5) is 11.4 Å². The van der Waals surface area contributed by atoms with Crippen LogP contribution in [0.3, 0.4) is 0 Å². The van der Waals surface area contributed by atoms with Crippen LogP contribution in [0.15, 0.2) is 76.6 Å².